The van der Waals surface area contributed by atoms with E-state index in [1.54, 1.807) is 13.3 Å². The minimum atomic E-state index is 0.114. The van der Waals surface area contributed by atoms with Crippen molar-refractivity contribution in [3.63, 3.8) is 0 Å². The van der Waals surface area contributed by atoms with Crippen LogP contribution in [0.15, 0.2) is 52.0 Å². The summed E-state index contributed by atoms with van der Waals surface area (Å²) in [6.45, 7) is 0.458. The van der Waals surface area contributed by atoms with Gasteiger partial charge in [-0.05, 0) is 53.7 Å². The van der Waals surface area contributed by atoms with Crippen molar-refractivity contribution >= 4 is 39.5 Å². The smallest absolute Gasteiger partial charge is 0.184 e. The molecule has 0 aromatic heterocycles. The maximum atomic E-state index is 5.81. The van der Waals surface area contributed by atoms with Crippen LogP contribution in [-0.4, -0.2) is 18.4 Å². The van der Waals surface area contributed by atoms with Gasteiger partial charge in [0.1, 0.15) is 6.61 Å². The Kier molecular flexibility index (Phi) is 6.37. The van der Waals surface area contributed by atoms with Gasteiger partial charge in [0.05, 0.1) is 13.3 Å². The van der Waals surface area contributed by atoms with Crippen molar-refractivity contribution in [1.29, 1.82) is 0 Å². The third-order valence-electron chi connectivity index (χ3n) is 2.88. The average molecular weight is 394 g/mol. The standard InChI is InChI=1S/C16H16BrN3O2S/c1-21-15-8-12(9-19-20-16(18)23)4-7-14(15)22-10-11-2-5-13(17)6-3-11/h2-9H,10H2,1H3,(H3,18,20,23)/b19-9+. The van der Waals surface area contributed by atoms with E-state index < -0.39 is 0 Å². The largest absolute Gasteiger partial charge is 0.493 e. The number of nitrogens with two attached hydrogens (primary N) is 1. The van der Waals surface area contributed by atoms with Crippen LogP contribution in [0.1, 0.15) is 11.1 Å². The lowest BCUT2D eigenvalue weighted by Crippen LogP contribution is -2.23. The Bertz CT molecular complexity index is 705. The van der Waals surface area contributed by atoms with E-state index in [0.29, 0.717) is 18.1 Å². The van der Waals surface area contributed by atoms with Gasteiger partial charge < -0.3 is 15.2 Å². The summed E-state index contributed by atoms with van der Waals surface area (Å²) in [6.07, 6.45) is 1.60. The predicted octanol–water partition coefficient (Wildman–Crippen LogP) is 3.20. The third-order valence-corrected chi connectivity index (χ3v) is 3.50. The zero-order valence-corrected chi connectivity index (χ0v) is 14.9. The molecule has 0 fully saturated rings. The summed E-state index contributed by atoms with van der Waals surface area (Å²) in [5.41, 5.74) is 9.71. The summed E-state index contributed by atoms with van der Waals surface area (Å²) in [5, 5.41) is 4.02. The van der Waals surface area contributed by atoms with Crippen molar-refractivity contribution in [1.82, 2.24) is 5.43 Å². The van der Waals surface area contributed by atoms with Gasteiger partial charge in [-0.3, -0.25) is 5.43 Å². The molecular weight excluding hydrogens is 378 g/mol. The summed E-state index contributed by atoms with van der Waals surface area (Å²) in [6, 6.07) is 13.5. The molecule has 0 spiro atoms. The van der Waals surface area contributed by atoms with Crippen LogP contribution < -0.4 is 20.6 Å². The molecule has 0 aliphatic rings. The Hall–Kier alpha value is -2.12. The molecule has 7 heteroatoms. The maximum absolute atomic E-state index is 5.81. The van der Waals surface area contributed by atoms with E-state index in [-0.39, 0.29) is 5.11 Å². The van der Waals surface area contributed by atoms with Crippen LogP contribution in [0, 0.1) is 0 Å². The molecular formula is C16H16BrN3O2S. The van der Waals surface area contributed by atoms with Crippen molar-refractivity contribution in [2.45, 2.75) is 6.61 Å². The summed E-state index contributed by atoms with van der Waals surface area (Å²) in [5.74, 6) is 1.29. The number of hydrazone groups is 1. The first-order valence-electron chi connectivity index (χ1n) is 6.72. The van der Waals surface area contributed by atoms with Crippen molar-refractivity contribution in [2.75, 3.05) is 7.11 Å². The molecule has 0 aliphatic heterocycles. The number of methoxy groups -OCH3 is 1. The number of benzene rings is 2. The molecule has 0 heterocycles. The summed E-state index contributed by atoms with van der Waals surface area (Å²) >= 11 is 8.08. The zero-order valence-electron chi connectivity index (χ0n) is 12.5. The van der Waals surface area contributed by atoms with Crippen LogP contribution in [0.3, 0.4) is 0 Å². The van der Waals surface area contributed by atoms with Crippen LogP contribution in [0.5, 0.6) is 11.5 Å². The lowest BCUT2D eigenvalue weighted by atomic mass is 10.2. The molecule has 0 atom stereocenters. The first-order chi connectivity index (χ1) is 11.1. The Balaban J connectivity index is 2.05. The van der Waals surface area contributed by atoms with Crippen LogP contribution in [0.4, 0.5) is 0 Å². The normalized spacial score (nSPS) is 10.5. The highest BCUT2D eigenvalue weighted by molar-refractivity contribution is 9.10. The van der Waals surface area contributed by atoms with E-state index in [9.17, 15) is 0 Å². The first-order valence-corrected chi connectivity index (χ1v) is 7.92. The number of halogens is 1. The fourth-order valence-corrected chi connectivity index (χ4v) is 2.11. The third kappa shape index (κ3) is 5.54. The second-order valence-electron chi connectivity index (χ2n) is 4.56. The van der Waals surface area contributed by atoms with E-state index in [1.165, 1.54) is 0 Å². The number of nitrogens with zero attached hydrogens (tertiary/aromatic N) is 1. The van der Waals surface area contributed by atoms with Crippen molar-refractivity contribution in [3.8, 4) is 11.5 Å². The molecule has 5 nitrogen and oxygen atoms in total. The Morgan fingerprint density at radius 2 is 2.00 bits per heavy atom. The molecule has 120 valence electrons. The maximum Gasteiger partial charge on any atom is 0.184 e. The molecule has 0 saturated heterocycles. The lowest BCUT2D eigenvalue weighted by Gasteiger charge is -2.11. The second-order valence-corrected chi connectivity index (χ2v) is 5.92. The van der Waals surface area contributed by atoms with E-state index in [1.807, 2.05) is 42.5 Å². The number of thiocarbonyl (C=S) groups is 1. The zero-order chi connectivity index (χ0) is 16.7. The quantitative estimate of drug-likeness (QED) is 0.448. The molecule has 3 N–H and O–H groups in total. The van der Waals surface area contributed by atoms with Crippen LogP contribution in [0.2, 0.25) is 0 Å². The van der Waals surface area contributed by atoms with Gasteiger partial charge in [0, 0.05) is 4.47 Å². The molecule has 0 radical (unpaired) electrons. The van der Waals surface area contributed by atoms with Crippen LogP contribution >= 0.6 is 28.1 Å². The van der Waals surface area contributed by atoms with Crippen LogP contribution in [-0.2, 0) is 6.61 Å². The molecule has 0 aliphatic carbocycles. The molecule has 0 bridgehead atoms. The second kappa shape index (κ2) is 8.50. The van der Waals surface area contributed by atoms with Gasteiger partial charge in [-0.1, -0.05) is 28.1 Å². The number of hydrogen-bond donors (Lipinski definition) is 2. The van der Waals surface area contributed by atoms with Gasteiger partial charge in [-0.15, -0.1) is 0 Å². The highest BCUT2D eigenvalue weighted by atomic mass is 79.9. The highest BCUT2D eigenvalue weighted by Gasteiger charge is 2.05. The van der Waals surface area contributed by atoms with Crippen molar-refractivity contribution < 1.29 is 9.47 Å². The molecule has 23 heavy (non-hydrogen) atoms. The SMILES string of the molecule is COc1cc(/C=N/NC(N)=S)ccc1OCc1ccc(Br)cc1. The van der Waals surface area contributed by atoms with Gasteiger partial charge in [0.2, 0.25) is 0 Å². The minimum Gasteiger partial charge on any atom is -0.493 e. The predicted molar refractivity (Wildman–Crippen MR) is 99.0 cm³/mol. The monoisotopic (exact) mass is 393 g/mol. The van der Waals surface area contributed by atoms with Gasteiger partial charge in [-0.2, -0.15) is 5.10 Å². The van der Waals surface area contributed by atoms with E-state index in [0.717, 1.165) is 15.6 Å². The Labute approximate surface area is 148 Å². The molecule has 0 saturated carbocycles. The van der Waals surface area contributed by atoms with Gasteiger partial charge >= 0.3 is 0 Å². The molecule has 0 unspecified atom stereocenters. The number of hydrogen-bond acceptors (Lipinski definition) is 4. The van der Waals surface area contributed by atoms with Crippen molar-refractivity contribution in [2.24, 2.45) is 10.8 Å². The van der Waals surface area contributed by atoms with E-state index >= 15 is 0 Å². The lowest BCUT2D eigenvalue weighted by molar-refractivity contribution is 0.284. The summed E-state index contributed by atoms with van der Waals surface area (Å²) < 4.78 is 12.2. The number of rotatable bonds is 6. The molecule has 2 aromatic rings. The molecule has 2 aromatic carbocycles. The molecule has 2 rings (SSSR count). The first kappa shape index (κ1) is 17.2. The fourth-order valence-electron chi connectivity index (χ4n) is 1.80. The highest BCUT2D eigenvalue weighted by Crippen LogP contribution is 2.28. The summed E-state index contributed by atoms with van der Waals surface area (Å²) in [4.78, 5) is 0. The van der Waals surface area contributed by atoms with Gasteiger partial charge in [-0.25, -0.2) is 0 Å². The van der Waals surface area contributed by atoms with E-state index in [4.69, 9.17) is 15.2 Å². The average Bonchev–Trinajstić information content (AvgIpc) is 2.54. The van der Waals surface area contributed by atoms with Gasteiger partial charge in [0.25, 0.3) is 0 Å². The van der Waals surface area contributed by atoms with Gasteiger partial charge in [0.15, 0.2) is 16.6 Å². The van der Waals surface area contributed by atoms with Crippen molar-refractivity contribution in [3.05, 3.63) is 58.1 Å². The van der Waals surface area contributed by atoms with Crippen LogP contribution in [0.25, 0.3) is 0 Å². The Morgan fingerprint density at radius 3 is 2.65 bits per heavy atom. The number of ether oxygens (including phenoxy) is 2. The Morgan fingerprint density at radius 1 is 1.26 bits per heavy atom. The minimum absolute atomic E-state index is 0.114. The van der Waals surface area contributed by atoms with E-state index in [2.05, 4.69) is 38.7 Å². The topological polar surface area (TPSA) is 68.9 Å². The fraction of sp³-hybridized carbons (Fsp3) is 0.125. The number of nitrogens with one attached hydrogen (secondary N) is 1. The summed E-state index contributed by atoms with van der Waals surface area (Å²) in [7, 11) is 1.59. The molecule has 0 amide bonds.